The average molecular weight is 283 g/mol. The number of carbonyl (C=O) groups excluding carboxylic acids is 1. The molecule has 0 heterocycles. The first-order chi connectivity index (χ1) is 10.2. The summed E-state index contributed by atoms with van der Waals surface area (Å²) in [5.74, 6) is 0.639. The van der Waals surface area contributed by atoms with Crippen molar-refractivity contribution in [2.24, 2.45) is 0 Å². The average Bonchev–Trinajstić information content (AvgIpc) is 2.52. The van der Waals surface area contributed by atoms with Crippen LogP contribution in [0, 0.1) is 0 Å². The molecule has 0 aromatic heterocycles. The van der Waals surface area contributed by atoms with Crippen molar-refractivity contribution in [2.45, 2.75) is 12.5 Å². The molecule has 3 heteroatoms. The monoisotopic (exact) mass is 283 g/mol. The van der Waals surface area contributed by atoms with Crippen LogP contribution in [-0.2, 0) is 0 Å². The second-order valence-electron chi connectivity index (χ2n) is 5.26. The number of rotatable bonds is 7. The van der Waals surface area contributed by atoms with E-state index in [1.165, 1.54) is 0 Å². The lowest BCUT2D eigenvalue weighted by Crippen LogP contribution is -2.19. The number of hydrogen-bond acceptors (Lipinski definition) is 3. The summed E-state index contributed by atoms with van der Waals surface area (Å²) in [5, 5.41) is 0. The molecule has 110 valence electrons. The van der Waals surface area contributed by atoms with Gasteiger partial charge in [-0.25, -0.2) is 0 Å². The smallest absolute Gasteiger partial charge is 0.153 e. The number of carbonyl (C=O) groups is 1. The molecule has 0 fully saturated rings. The lowest BCUT2D eigenvalue weighted by atomic mass is 10.1. The van der Waals surface area contributed by atoms with Crippen LogP contribution in [0.4, 0.5) is 0 Å². The maximum Gasteiger partial charge on any atom is 0.153 e. The predicted molar refractivity (Wildman–Crippen MR) is 84.8 cm³/mol. The summed E-state index contributed by atoms with van der Waals surface area (Å²) in [5.41, 5.74) is 1.71. The van der Waals surface area contributed by atoms with Crippen molar-refractivity contribution in [3.8, 4) is 5.75 Å². The van der Waals surface area contributed by atoms with Gasteiger partial charge in [-0.05, 0) is 31.8 Å². The second-order valence-corrected chi connectivity index (χ2v) is 5.26. The van der Waals surface area contributed by atoms with Gasteiger partial charge in [-0.15, -0.1) is 0 Å². The Labute approximate surface area is 126 Å². The molecule has 21 heavy (non-hydrogen) atoms. The minimum absolute atomic E-state index is 0.0605. The largest absolute Gasteiger partial charge is 0.485 e. The van der Waals surface area contributed by atoms with Crippen LogP contribution in [-0.4, -0.2) is 31.8 Å². The van der Waals surface area contributed by atoms with Crippen molar-refractivity contribution in [2.75, 3.05) is 20.6 Å². The fourth-order valence-electron chi connectivity index (χ4n) is 2.18. The van der Waals surface area contributed by atoms with Crippen LogP contribution in [0.5, 0.6) is 5.75 Å². The Morgan fingerprint density at radius 2 is 1.71 bits per heavy atom. The van der Waals surface area contributed by atoms with E-state index in [2.05, 4.69) is 17.0 Å². The molecule has 2 aromatic carbocycles. The Hall–Kier alpha value is -2.13. The van der Waals surface area contributed by atoms with Gasteiger partial charge in [0.2, 0.25) is 0 Å². The van der Waals surface area contributed by atoms with Crippen LogP contribution < -0.4 is 4.74 Å². The fraction of sp³-hybridized carbons (Fsp3) is 0.278. The molecule has 3 nitrogen and oxygen atoms in total. The summed E-state index contributed by atoms with van der Waals surface area (Å²) >= 11 is 0. The number of benzene rings is 2. The van der Waals surface area contributed by atoms with Crippen LogP contribution in [0.1, 0.15) is 28.4 Å². The van der Waals surface area contributed by atoms with Gasteiger partial charge in [0, 0.05) is 13.0 Å². The van der Waals surface area contributed by atoms with E-state index in [9.17, 15) is 4.79 Å². The van der Waals surface area contributed by atoms with Gasteiger partial charge in [0.1, 0.15) is 11.9 Å². The number of hydrogen-bond donors (Lipinski definition) is 0. The Balaban J connectivity index is 2.21. The highest BCUT2D eigenvalue weighted by molar-refractivity contribution is 5.79. The molecule has 0 spiro atoms. The van der Waals surface area contributed by atoms with Gasteiger partial charge >= 0.3 is 0 Å². The molecule has 0 aliphatic heterocycles. The summed E-state index contributed by atoms with van der Waals surface area (Å²) in [7, 11) is 4.09. The molecule has 0 radical (unpaired) electrons. The van der Waals surface area contributed by atoms with Gasteiger partial charge in [-0.1, -0.05) is 42.5 Å². The normalized spacial score (nSPS) is 12.1. The van der Waals surface area contributed by atoms with Crippen molar-refractivity contribution < 1.29 is 9.53 Å². The summed E-state index contributed by atoms with van der Waals surface area (Å²) in [6.07, 6.45) is 1.64. The molecule has 0 saturated carbocycles. The standard InChI is InChI=1S/C18H21NO2/c1-19(2)13-12-18(15-8-4-3-5-9-15)21-17-11-7-6-10-16(17)14-20/h3-11,14,18H,12-13H2,1-2H3. The first-order valence-electron chi connectivity index (χ1n) is 7.11. The number of aldehydes is 1. The fourth-order valence-corrected chi connectivity index (χ4v) is 2.18. The Bertz CT molecular complexity index is 566. The Kier molecular flexibility index (Phi) is 5.52. The third-order valence-corrected chi connectivity index (χ3v) is 3.33. The molecule has 0 saturated heterocycles. The summed E-state index contributed by atoms with van der Waals surface area (Å²) in [6, 6.07) is 17.5. The lowest BCUT2D eigenvalue weighted by Gasteiger charge is -2.22. The van der Waals surface area contributed by atoms with Gasteiger partial charge < -0.3 is 9.64 Å². The molecule has 2 rings (SSSR count). The highest BCUT2D eigenvalue weighted by atomic mass is 16.5. The zero-order valence-corrected chi connectivity index (χ0v) is 12.5. The van der Waals surface area contributed by atoms with Gasteiger partial charge in [0.25, 0.3) is 0 Å². The van der Waals surface area contributed by atoms with Crippen molar-refractivity contribution in [1.29, 1.82) is 0 Å². The zero-order chi connectivity index (χ0) is 15.1. The highest BCUT2D eigenvalue weighted by Gasteiger charge is 2.15. The minimum atomic E-state index is -0.0605. The minimum Gasteiger partial charge on any atom is -0.485 e. The van der Waals surface area contributed by atoms with Crippen molar-refractivity contribution in [3.05, 3.63) is 65.7 Å². The third kappa shape index (κ3) is 4.43. The molecule has 0 bridgehead atoms. The second kappa shape index (κ2) is 7.60. The van der Waals surface area contributed by atoms with Crippen LogP contribution in [0.15, 0.2) is 54.6 Å². The van der Waals surface area contributed by atoms with Gasteiger partial charge in [-0.2, -0.15) is 0 Å². The summed E-state index contributed by atoms with van der Waals surface area (Å²) < 4.78 is 6.12. The topological polar surface area (TPSA) is 29.5 Å². The molecular formula is C18H21NO2. The van der Waals surface area contributed by atoms with Crippen LogP contribution in [0.2, 0.25) is 0 Å². The Morgan fingerprint density at radius 3 is 2.38 bits per heavy atom. The predicted octanol–water partition coefficient (Wildman–Crippen LogP) is 3.57. The molecule has 0 N–H and O–H groups in total. The molecule has 1 unspecified atom stereocenters. The van der Waals surface area contributed by atoms with Crippen molar-refractivity contribution in [3.63, 3.8) is 0 Å². The maximum atomic E-state index is 11.1. The number of ether oxygens (including phenoxy) is 1. The maximum absolute atomic E-state index is 11.1. The zero-order valence-electron chi connectivity index (χ0n) is 12.5. The van der Waals surface area contributed by atoms with Gasteiger partial charge in [-0.3, -0.25) is 4.79 Å². The van der Waals surface area contributed by atoms with Crippen LogP contribution in [0.3, 0.4) is 0 Å². The number of para-hydroxylation sites is 1. The van der Waals surface area contributed by atoms with Crippen LogP contribution in [0.25, 0.3) is 0 Å². The van der Waals surface area contributed by atoms with E-state index >= 15 is 0 Å². The van der Waals surface area contributed by atoms with E-state index in [-0.39, 0.29) is 6.10 Å². The quantitative estimate of drug-likeness (QED) is 0.728. The van der Waals surface area contributed by atoms with Gasteiger partial charge in [0.15, 0.2) is 6.29 Å². The molecule has 0 amide bonds. The van der Waals surface area contributed by atoms with E-state index in [0.29, 0.717) is 11.3 Å². The number of nitrogens with zero attached hydrogens (tertiary/aromatic N) is 1. The summed E-state index contributed by atoms with van der Waals surface area (Å²) in [4.78, 5) is 13.3. The molecule has 0 aliphatic rings. The lowest BCUT2D eigenvalue weighted by molar-refractivity contribution is 0.111. The molecule has 1 atom stereocenters. The third-order valence-electron chi connectivity index (χ3n) is 3.33. The van der Waals surface area contributed by atoms with Crippen molar-refractivity contribution >= 4 is 6.29 Å². The summed E-state index contributed by atoms with van der Waals surface area (Å²) in [6.45, 7) is 0.919. The van der Waals surface area contributed by atoms with Gasteiger partial charge in [0.05, 0.1) is 5.56 Å². The molecular weight excluding hydrogens is 262 g/mol. The molecule has 0 aliphatic carbocycles. The van der Waals surface area contributed by atoms with E-state index < -0.39 is 0 Å². The SMILES string of the molecule is CN(C)CCC(Oc1ccccc1C=O)c1ccccc1. The van der Waals surface area contributed by atoms with E-state index in [1.807, 2.05) is 50.5 Å². The van der Waals surface area contributed by atoms with E-state index in [4.69, 9.17) is 4.74 Å². The first-order valence-corrected chi connectivity index (χ1v) is 7.11. The molecule has 2 aromatic rings. The Morgan fingerprint density at radius 1 is 1.05 bits per heavy atom. The van der Waals surface area contributed by atoms with Crippen LogP contribution >= 0.6 is 0 Å². The van der Waals surface area contributed by atoms with E-state index in [0.717, 1.165) is 24.8 Å². The first kappa shape index (κ1) is 15.3. The van der Waals surface area contributed by atoms with Crippen molar-refractivity contribution in [1.82, 2.24) is 4.90 Å². The van der Waals surface area contributed by atoms with E-state index in [1.54, 1.807) is 6.07 Å². The highest BCUT2D eigenvalue weighted by Crippen LogP contribution is 2.27.